The smallest absolute Gasteiger partial charge is 0.260 e. The van der Waals surface area contributed by atoms with E-state index in [1.807, 2.05) is 17.0 Å². The second-order valence-corrected chi connectivity index (χ2v) is 5.13. The highest BCUT2D eigenvalue weighted by Gasteiger charge is 2.19. The molecular weight excluding hydrogens is 270 g/mol. The number of rotatable bonds is 5. The van der Waals surface area contributed by atoms with Gasteiger partial charge in [-0.1, -0.05) is 12.1 Å². The molecule has 1 heterocycles. The highest BCUT2D eigenvalue weighted by molar-refractivity contribution is 5.78. The lowest BCUT2D eigenvalue weighted by atomic mass is 10.3. The molecule has 1 aliphatic rings. The fourth-order valence-corrected chi connectivity index (χ4v) is 2.43. The van der Waals surface area contributed by atoms with Gasteiger partial charge in [0.15, 0.2) is 6.61 Å². The minimum absolute atomic E-state index is 0.00815. The summed E-state index contributed by atoms with van der Waals surface area (Å²) in [5, 5.41) is 8.97. The van der Waals surface area contributed by atoms with Crippen LogP contribution in [0.15, 0.2) is 24.3 Å². The van der Waals surface area contributed by atoms with Crippen LogP contribution in [0.1, 0.15) is 6.42 Å². The maximum atomic E-state index is 12.2. The van der Waals surface area contributed by atoms with Crippen molar-refractivity contribution in [2.75, 3.05) is 51.7 Å². The van der Waals surface area contributed by atoms with Crippen LogP contribution in [0.2, 0.25) is 0 Å². The second kappa shape index (κ2) is 7.85. The minimum atomic E-state index is -0.0240. The van der Waals surface area contributed by atoms with Crippen molar-refractivity contribution < 1.29 is 14.6 Å². The summed E-state index contributed by atoms with van der Waals surface area (Å²) < 4.78 is 5.50. The van der Waals surface area contributed by atoms with Crippen molar-refractivity contribution in [3.05, 3.63) is 24.3 Å². The molecule has 1 saturated heterocycles. The molecule has 0 spiro atoms. The molecule has 1 aromatic rings. The number of para-hydroxylation sites is 2. The Morgan fingerprint density at radius 3 is 2.81 bits per heavy atom. The number of carbonyl (C=O) groups excluding carboxylic acids is 1. The van der Waals surface area contributed by atoms with Crippen LogP contribution in [0.3, 0.4) is 0 Å². The number of hydrogen-bond donors (Lipinski definition) is 2. The van der Waals surface area contributed by atoms with Gasteiger partial charge in [-0.05, 0) is 25.1 Å². The molecule has 0 unspecified atom stereocenters. The number of nitrogen functional groups attached to an aromatic ring is 1. The number of amides is 1. The summed E-state index contributed by atoms with van der Waals surface area (Å²) in [7, 11) is 0. The highest BCUT2D eigenvalue weighted by Crippen LogP contribution is 2.19. The molecule has 3 N–H and O–H groups in total. The first-order chi connectivity index (χ1) is 10.2. The van der Waals surface area contributed by atoms with Gasteiger partial charge in [-0.25, -0.2) is 0 Å². The molecule has 6 heteroatoms. The first-order valence-corrected chi connectivity index (χ1v) is 7.29. The van der Waals surface area contributed by atoms with E-state index in [2.05, 4.69) is 4.90 Å². The number of benzene rings is 1. The van der Waals surface area contributed by atoms with Crippen LogP contribution < -0.4 is 10.5 Å². The lowest BCUT2D eigenvalue weighted by Crippen LogP contribution is -2.38. The molecular formula is C15H23N3O3. The largest absolute Gasteiger partial charge is 0.482 e. The summed E-state index contributed by atoms with van der Waals surface area (Å²) in [5.41, 5.74) is 6.32. The zero-order valence-corrected chi connectivity index (χ0v) is 12.2. The van der Waals surface area contributed by atoms with E-state index in [1.54, 1.807) is 12.1 Å². The van der Waals surface area contributed by atoms with E-state index in [4.69, 9.17) is 15.6 Å². The third kappa shape index (κ3) is 4.61. The maximum absolute atomic E-state index is 12.2. The van der Waals surface area contributed by atoms with Gasteiger partial charge in [-0.3, -0.25) is 9.69 Å². The monoisotopic (exact) mass is 293 g/mol. The Morgan fingerprint density at radius 2 is 2.05 bits per heavy atom. The molecule has 6 nitrogen and oxygen atoms in total. The van der Waals surface area contributed by atoms with Gasteiger partial charge >= 0.3 is 0 Å². The topological polar surface area (TPSA) is 79.0 Å². The first kappa shape index (κ1) is 15.6. The second-order valence-electron chi connectivity index (χ2n) is 5.13. The molecule has 0 atom stereocenters. The summed E-state index contributed by atoms with van der Waals surface area (Å²) in [4.78, 5) is 16.2. The number of β-amino-alcohol motifs (C(OH)–C–C–N with tert-alkyl or cyclic N) is 1. The van der Waals surface area contributed by atoms with Crippen LogP contribution in [-0.4, -0.2) is 66.8 Å². The van der Waals surface area contributed by atoms with E-state index in [1.165, 1.54) is 0 Å². The van der Waals surface area contributed by atoms with Crippen LogP contribution in [0.25, 0.3) is 0 Å². The van der Waals surface area contributed by atoms with E-state index >= 15 is 0 Å². The molecule has 21 heavy (non-hydrogen) atoms. The molecule has 0 aromatic heterocycles. The standard InChI is InChI=1S/C15H23N3O3/c16-13-4-1-2-5-14(13)21-12-15(20)18-7-3-6-17(8-9-18)10-11-19/h1-2,4-5,19H,3,6-12,16H2. The Labute approximate surface area is 125 Å². The predicted molar refractivity (Wildman–Crippen MR) is 81.1 cm³/mol. The molecule has 0 aliphatic carbocycles. The van der Waals surface area contributed by atoms with Crippen molar-refractivity contribution in [1.82, 2.24) is 9.80 Å². The van der Waals surface area contributed by atoms with E-state index in [0.29, 0.717) is 24.5 Å². The molecule has 0 radical (unpaired) electrons. The average Bonchev–Trinajstić information content (AvgIpc) is 2.72. The van der Waals surface area contributed by atoms with Crippen LogP contribution in [0, 0.1) is 0 Å². The Morgan fingerprint density at radius 1 is 1.24 bits per heavy atom. The van der Waals surface area contributed by atoms with Gasteiger partial charge in [0.2, 0.25) is 0 Å². The Balaban J connectivity index is 1.82. The van der Waals surface area contributed by atoms with Crippen LogP contribution >= 0.6 is 0 Å². The van der Waals surface area contributed by atoms with Gasteiger partial charge in [0.1, 0.15) is 5.75 Å². The molecule has 116 valence electrons. The van der Waals surface area contributed by atoms with Crippen molar-refractivity contribution in [3.8, 4) is 5.75 Å². The zero-order chi connectivity index (χ0) is 15.1. The lowest BCUT2D eigenvalue weighted by molar-refractivity contribution is -0.133. The number of nitrogens with two attached hydrogens (primary N) is 1. The Kier molecular flexibility index (Phi) is 5.83. The van der Waals surface area contributed by atoms with Crippen LogP contribution in [0.5, 0.6) is 5.75 Å². The van der Waals surface area contributed by atoms with E-state index in [0.717, 1.165) is 26.1 Å². The zero-order valence-electron chi connectivity index (χ0n) is 12.2. The van der Waals surface area contributed by atoms with E-state index in [9.17, 15) is 4.79 Å². The highest BCUT2D eigenvalue weighted by atomic mass is 16.5. The van der Waals surface area contributed by atoms with Crippen LogP contribution in [0.4, 0.5) is 5.69 Å². The number of hydrogen-bond acceptors (Lipinski definition) is 5. The quantitative estimate of drug-likeness (QED) is 0.757. The van der Waals surface area contributed by atoms with Crippen molar-refractivity contribution >= 4 is 11.6 Å². The Bertz CT molecular complexity index is 467. The normalized spacial score (nSPS) is 16.5. The average molecular weight is 293 g/mol. The molecule has 0 saturated carbocycles. The Hall–Kier alpha value is -1.79. The SMILES string of the molecule is Nc1ccccc1OCC(=O)N1CCCN(CCO)CC1. The van der Waals surface area contributed by atoms with Gasteiger partial charge in [-0.2, -0.15) is 0 Å². The van der Waals surface area contributed by atoms with Gasteiger partial charge < -0.3 is 20.5 Å². The first-order valence-electron chi connectivity index (χ1n) is 7.29. The van der Waals surface area contributed by atoms with Crippen molar-refractivity contribution in [2.45, 2.75) is 6.42 Å². The van der Waals surface area contributed by atoms with Gasteiger partial charge in [0, 0.05) is 26.2 Å². The van der Waals surface area contributed by atoms with E-state index < -0.39 is 0 Å². The third-order valence-corrected chi connectivity index (χ3v) is 3.63. The van der Waals surface area contributed by atoms with E-state index in [-0.39, 0.29) is 19.1 Å². The summed E-state index contributed by atoms with van der Waals surface area (Å²) in [5.74, 6) is 0.520. The summed E-state index contributed by atoms with van der Waals surface area (Å²) >= 11 is 0. The van der Waals surface area contributed by atoms with Gasteiger partial charge in [-0.15, -0.1) is 0 Å². The molecule has 1 aromatic carbocycles. The molecule has 1 fully saturated rings. The number of carbonyl (C=O) groups is 1. The molecule has 2 rings (SSSR count). The minimum Gasteiger partial charge on any atom is -0.482 e. The van der Waals surface area contributed by atoms with Gasteiger partial charge in [0.05, 0.1) is 12.3 Å². The predicted octanol–water partition coefficient (Wildman–Crippen LogP) is 0.174. The molecule has 0 bridgehead atoms. The van der Waals surface area contributed by atoms with Crippen molar-refractivity contribution in [3.63, 3.8) is 0 Å². The number of nitrogens with zero attached hydrogens (tertiary/aromatic N) is 2. The number of anilines is 1. The fourth-order valence-electron chi connectivity index (χ4n) is 2.43. The fraction of sp³-hybridized carbons (Fsp3) is 0.533. The third-order valence-electron chi connectivity index (χ3n) is 3.63. The maximum Gasteiger partial charge on any atom is 0.260 e. The molecule has 1 amide bonds. The number of aliphatic hydroxyl groups excluding tert-OH is 1. The van der Waals surface area contributed by atoms with Crippen molar-refractivity contribution in [1.29, 1.82) is 0 Å². The van der Waals surface area contributed by atoms with Crippen molar-refractivity contribution in [2.24, 2.45) is 0 Å². The summed E-state index contributed by atoms with van der Waals surface area (Å²) in [6.07, 6.45) is 0.916. The summed E-state index contributed by atoms with van der Waals surface area (Å²) in [6.45, 7) is 3.94. The molecule has 1 aliphatic heterocycles. The lowest BCUT2D eigenvalue weighted by Gasteiger charge is -2.21. The number of ether oxygens (including phenoxy) is 1. The summed E-state index contributed by atoms with van der Waals surface area (Å²) in [6, 6.07) is 7.16. The number of aliphatic hydroxyl groups is 1. The van der Waals surface area contributed by atoms with Gasteiger partial charge in [0.25, 0.3) is 5.91 Å². The van der Waals surface area contributed by atoms with Crippen LogP contribution in [-0.2, 0) is 4.79 Å².